The quantitative estimate of drug-likeness (QED) is 0.756. The van der Waals surface area contributed by atoms with Crippen molar-refractivity contribution in [2.45, 2.75) is 11.8 Å². The molecule has 0 atom stereocenters. The molecule has 0 aliphatic carbocycles. The van der Waals surface area contributed by atoms with Gasteiger partial charge in [-0.15, -0.1) is 0 Å². The summed E-state index contributed by atoms with van der Waals surface area (Å²) < 4.78 is 46.0. The molecule has 1 aliphatic rings. The molecule has 0 radical (unpaired) electrons. The summed E-state index contributed by atoms with van der Waals surface area (Å²) in [5.74, 6) is -1.63. The molecule has 0 unspecified atom stereocenters. The van der Waals surface area contributed by atoms with E-state index in [9.17, 15) is 22.4 Å². The van der Waals surface area contributed by atoms with Gasteiger partial charge in [-0.2, -0.15) is 0 Å². The molecular formula is C18H17FN2O5S. The van der Waals surface area contributed by atoms with Crippen molar-refractivity contribution in [3.05, 3.63) is 58.9 Å². The maximum atomic E-state index is 13.8. The fourth-order valence-electron chi connectivity index (χ4n) is 2.89. The number of methoxy groups -OCH3 is 1. The molecule has 7 nitrogen and oxygen atoms in total. The van der Waals surface area contributed by atoms with Gasteiger partial charge in [0, 0.05) is 13.1 Å². The lowest BCUT2D eigenvalue weighted by molar-refractivity contribution is 0.0656. The summed E-state index contributed by atoms with van der Waals surface area (Å²) >= 11 is 0. The number of imide groups is 1. The second-order valence-corrected chi connectivity index (χ2v) is 7.72. The van der Waals surface area contributed by atoms with Crippen LogP contribution < -0.4 is 9.46 Å². The highest BCUT2D eigenvalue weighted by Gasteiger charge is 2.37. The number of nitrogens with zero attached hydrogens (tertiary/aromatic N) is 1. The van der Waals surface area contributed by atoms with Crippen LogP contribution in [0.4, 0.5) is 4.39 Å². The van der Waals surface area contributed by atoms with Crippen LogP contribution in [0, 0.1) is 12.7 Å². The van der Waals surface area contributed by atoms with Crippen molar-refractivity contribution in [2.75, 3.05) is 20.2 Å². The molecule has 1 N–H and O–H groups in total. The number of carbonyl (C=O) groups excluding carboxylic acids is 2. The van der Waals surface area contributed by atoms with Crippen LogP contribution in [-0.4, -0.2) is 45.3 Å². The zero-order valence-corrected chi connectivity index (χ0v) is 15.5. The van der Waals surface area contributed by atoms with Crippen LogP contribution in [0.3, 0.4) is 0 Å². The first-order valence-electron chi connectivity index (χ1n) is 8.05. The number of carbonyl (C=O) groups is 2. The number of hydrogen-bond acceptors (Lipinski definition) is 5. The van der Waals surface area contributed by atoms with Gasteiger partial charge in [-0.25, -0.2) is 17.5 Å². The van der Waals surface area contributed by atoms with Gasteiger partial charge in [-0.05, 0) is 42.8 Å². The van der Waals surface area contributed by atoms with Crippen molar-refractivity contribution >= 4 is 21.8 Å². The summed E-state index contributed by atoms with van der Waals surface area (Å²) in [5.41, 5.74) is 0.348. The van der Waals surface area contributed by atoms with Crippen LogP contribution in [-0.2, 0) is 10.0 Å². The second kappa shape index (κ2) is 7.09. The first-order valence-corrected chi connectivity index (χ1v) is 9.53. The molecule has 2 aromatic carbocycles. The predicted molar refractivity (Wildman–Crippen MR) is 94.7 cm³/mol. The summed E-state index contributed by atoms with van der Waals surface area (Å²) in [4.78, 5) is 25.4. The van der Waals surface area contributed by atoms with E-state index in [1.807, 2.05) is 0 Å². The highest BCUT2D eigenvalue weighted by molar-refractivity contribution is 7.89. The number of amides is 2. The third-order valence-electron chi connectivity index (χ3n) is 4.25. The maximum absolute atomic E-state index is 13.8. The van der Waals surface area contributed by atoms with E-state index in [0.29, 0.717) is 11.3 Å². The normalized spacial score (nSPS) is 13.8. The van der Waals surface area contributed by atoms with E-state index >= 15 is 0 Å². The molecular weight excluding hydrogens is 375 g/mol. The number of halogens is 1. The Labute approximate surface area is 155 Å². The van der Waals surface area contributed by atoms with Gasteiger partial charge in [0.2, 0.25) is 10.0 Å². The van der Waals surface area contributed by atoms with Gasteiger partial charge in [-0.3, -0.25) is 14.5 Å². The number of rotatable bonds is 6. The van der Waals surface area contributed by atoms with Crippen molar-refractivity contribution in [1.82, 2.24) is 9.62 Å². The summed E-state index contributed by atoms with van der Waals surface area (Å²) in [5, 5.41) is 0. The molecule has 1 aliphatic heterocycles. The molecule has 2 amide bonds. The SMILES string of the molecule is COc1ccc(S(=O)(=O)NCCN2C(=O)c3cccc(F)c3C2=O)cc1C. The highest BCUT2D eigenvalue weighted by Crippen LogP contribution is 2.25. The first-order chi connectivity index (χ1) is 12.8. The van der Waals surface area contributed by atoms with Gasteiger partial charge < -0.3 is 4.74 Å². The molecule has 0 bridgehead atoms. The number of sulfonamides is 1. The Morgan fingerprint density at radius 2 is 1.89 bits per heavy atom. The van der Waals surface area contributed by atoms with Gasteiger partial charge in [0.25, 0.3) is 11.8 Å². The van der Waals surface area contributed by atoms with Crippen molar-refractivity contribution < 1.29 is 27.1 Å². The lowest BCUT2D eigenvalue weighted by Gasteiger charge is -2.15. The molecule has 1 heterocycles. The Kier molecular flexibility index (Phi) is 4.99. The predicted octanol–water partition coefficient (Wildman–Crippen LogP) is 1.72. The van der Waals surface area contributed by atoms with Crippen molar-refractivity contribution in [3.63, 3.8) is 0 Å². The van der Waals surface area contributed by atoms with E-state index in [4.69, 9.17) is 4.74 Å². The number of fused-ring (bicyclic) bond motifs is 1. The molecule has 9 heteroatoms. The Hall–Kier alpha value is -2.78. The second-order valence-electron chi connectivity index (χ2n) is 5.95. The number of benzene rings is 2. The molecule has 0 fully saturated rings. The lowest BCUT2D eigenvalue weighted by atomic mass is 10.1. The van der Waals surface area contributed by atoms with Crippen LogP contribution in [0.1, 0.15) is 26.3 Å². The van der Waals surface area contributed by atoms with Crippen LogP contribution >= 0.6 is 0 Å². The number of nitrogens with one attached hydrogen (secondary N) is 1. The average Bonchev–Trinajstić information content (AvgIpc) is 2.87. The van der Waals surface area contributed by atoms with Gasteiger partial charge in [0.15, 0.2) is 0 Å². The van der Waals surface area contributed by atoms with Crippen LogP contribution in [0.5, 0.6) is 5.75 Å². The zero-order valence-electron chi connectivity index (χ0n) is 14.7. The Morgan fingerprint density at radius 1 is 1.15 bits per heavy atom. The molecule has 0 aromatic heterocycles. The van der Waals surface area contributed by atoms with E-state index in [0.717, 1.165) is 11.0 Å². The molecule has 0 saturated carbocycles. The Balaban J connectivity index is 1.70. The molecule has 27 heavy (non-hydrogen) atoms. The van der Waals surface area contributed by atoms with Gasteiger partial charge >= 0.3 is 0 Å². The monoisotopic (exact) mass is 392 g/mol. The highest BCUT2D eigenvalue weighted by atomic mass is 32.2. The molecule has 2 aromatic rings. The summed E-state index contributed by atoms with van der Waals surface area (Å²) in [7, 11) is -2.35. The van der Waals surface area contributed by atoms with Crippen LogP contribution in [0.2, 0.25) is 0 Å². The van der Waals surface area contributed by atoms with E-state index in [-0.39, 0.29) is 29.1 Å². The minimum Gasteiger partial charge on any atom is -0.496 e. The molecule has 3 rings (SSSR count). The van der Waals surface area contributed by atoms with Crippen molar-refractivity contribution in [3.8, 4) is 5.75 Å². The number of aryl methyl sites for hydroxylation is 1. The third-order valence-corrected chi connectivity index (χ3v) is 5.71. The topological polar surface area (TPSA) is 92.8 Å². The van der Waals surface area contributed by atoms with Crippen molar-refractivity contribution in [1.29, 1.82) is 0 Å². The third kappa shape index (κ3) is 3.43. The Morgan fingerprint density at radius 3 is 2.52 bits per heavy atom. The molecule has 142 valence electrons. The Bertz CT molecular complexity index is 1040. The van der Waals surface area contributed by atoms with Gasteiger partial charge in [0.1, 0.15) is 11.6 Å². The van der Waals surface area contributed by atoms with Crippen LogP contribution in [0.25, 0.3) is 0 Å². The van der Waals surface area contributed by atoms with Crippen LogP contribution in [0.15, 0.2) is 41.3 Å². The zero-order chi connectivity index (χ0) is 19.8. The maximum Gasteiger partial charge on any atom is 0.264 e. The number of ether oxygens (including phenoxy) is 1. The van der Waals surface area contributed by atoms with Gasteiger partial charge in [-0.1, -0.05) is 6.07 Å². The fraction of sp³-hybridized carbons (Fsp3) is 0.222. The van der Waals surface area contributed by atoms with Gasteiger partial charge in [0.05, 0.1) is 23.1 Å². The van der Waals surface area contributed by atoms with E-state index in [1.165, 1.54) is 37.4 Å². The van der Waals surface area contributed by atoms with E-state index < -0.39 is 27.7 Å². The fourth-order valence-corrected chi connectivity index (χ4v) is 3.99. The van der Waals surface area contributed by atoms with E-state index in [1.54, 1.807) is 6.92 Å². The minimum absolute atomic E-state index is 0.0198. The standard InChI is InChI=1S/C18H17FN2O5S/c1-11-10-12(6-7-15(11)26-2)27(24,25)20-8-9-21-17(22)13-4-3-5-14(19)16(13)18(21)23/h3-7,10,20H,8-9H2,1-2H3. The van der Waals surface area contributed by atoms with Crippen molar-refractivity contribution in [2.24, 2.45) is 0 Å². The lowest BCUT2D eigenvalue weighted by Crippen LogP contribution is -2.38. The smallest absolute Gasteiger partial charge is 0.264 e. The largest absolute Gasteiger partial charge is 0.496 e. The molecule has 0 spiro atoms. The summed E-state index contributed by atoms with van der Waals surface area (Å²) in [6.45, 7) is 1.31. The molecule has 0 saturated heterocycles. The first kappa shape index (κ1) is 19.0. The summed E-state index contributed by atoms with van der Waals surface area (Å²) in [6.07, 6.45) is 0. The van der Waals surface area contributed by atoms with E-state index in [2.05, 4.69) is 4.72 Å². The summed E-state index contributed by atoms with van der Waals surface area (Å²) in [6, 6.07) is 8.20. The number of hydrogen-bond donors (Lipinski definition) is 1. The average molecular weight is 392 g/mol. The minimum atomic E-state index is -3.84.